The molecule has 0 spiro atoms. The lowest BCUT2D eigenvalue weighted by Crippen LogP contribution is -2.40. The number of thiocarbonyl (C=S) groups is 1. The summed E-state index contributed by atoms with van der Waals surface area (Å²) in [6, 6.07) is 6.48. The van der Waals surface area contributed by atoms with Gasteiger partial charge in [0.1, 0.15) is 4.99 Å². The van der Waals surface area contributed by atoms with Gasteiger partial charge in [-0.2, -0.15) is 0 Å². The van der Waals surface area contributed by atoms with Gasteiger partial charge >= 0.3 is 0 Å². The molecule has 1 aromatic rings. The van der Waals surface area contributed by atoms with Crippen molar-refractivity contribution in [1.82, 2.24) is 0 Å². The molecule has 0 aliphatic carbocycles. The van der Waals surface area contributed by atoms with Crippen LogP contribution in [0, 0.1) is 0 Å². The standard InChI is InChI=1S/C15H21ClN2S/c1-2-5-12-6-3-4-9-18(12)14-8-7-11(16)10-13(14)15(17)19/h7-8,10,12H,2-6,9H2,1H3,(H2,17,19). The molecule has 104 valence electrons. The Kier molecular flexibility index (Phi) is 5.06. The minimum Gasteiger partial charge on any atom is -0.389 e. The van der Waals surface area contributed by atoms with Crippen molar-refractivity contribution < 1.29 is 0 Å². The van der Waals surface area contributed by atoms with E-state index in [1.807, 2.05) is 12.1 Å². The lowest BCUT2D eigenvalue weighted by atomic mass is 9.96. The third-order valence-electron chi connectivity index (χ3n) is 3.78. The SMILES string of the molecule is CCCC1CCCCN1c1ccc(Cl)cc1C(N)=S. The van der Waals surface area contributed by atoms with Gasteiger partial charge in [0.05, 0.1) is 0 Å². The summed E-state index contributed by atoms with van der Waals surface area (Å²) in [5, 5.41) is 0.690. The number of nitrogens with two attached hydrogens (primary N) is 1. The van der Waals surface area contributed by atoms with Crippen molar-refractivity contribution in [1.29, 1.82) is 0 Å². The van der Waals surface area contributed by atoms with E-state index in [1.54, 1.807) is 0 Å². The van der Waals surface area contributed by atoms with Gasteiger partial charge in [-0.3, -0.25) is 0 Å². The predicted octanol–water partition coefficient (Wildman–Crippen LogP) is 4.13. The first-order chi connectivity index (χ1) is 9.13. The van der Waals surface area contributed by atoms with Crippen LogP contribution in [0.5, 0.6) is 0 Å². The van der Waals surface area contributed by atoms with Gasteiger partial charge in [-0.05, 0) is 43.9 Å². The van der Waals surface area contributed by atoms with E-state index in [9.17, 15) is 0 Å². The largest absolute Gasteiger partial charge is 0.389 e. The van der Waals surface area contributed by atoms with Gasteiger partial charge in [-0.15, -0.1) is 0 Å². The Morgan fingerprint density at radius 3 is 2.95 bits per heavy atom. The summed E-state index contributed by atoms with van der Waals surface area (Å²) in [7, 11) is 0. The van der Waals surface area contributed by atoms with Crippen molar-refractivity contribution in [3.8, 4) is 0 Å². The number of benzene rings is 1. The average Bonchev–Trinajstić information content (AvgIpc) is 2.40. The van der Waals surface area contributed by atoms with Crippen LogP contribution in [0.15, 0.2) is 18.2 Å². The molecule has 1 aromatic carbocycles. The first kappa shape index (κ1) is 14.6. The third-order valence-corrected chi connectivity index (χ3v) is 4.24. The molecule has 1 saturated heterocycles. The van der Waals surface area contributed by atoms with Crippen molar-refractivity contribution >= 4 is 34.5 Å². The molecule has 19 heavy (non-hydrogen) atoms. The summed E-state index contributed by atoms with van der Waals surface area (Å²) in [5.74, 6) is 0. The van der Waals surface area contributed by atoms with Crippen LogP contribution in [0.3, 0.4) is 0 Å². The van der Waals surface area contributed by atoms with Crippen LogP contribution in [0.25, 0.3) is 0 Å². The Morgan fingerprint density at radius 2 is 2.26 bits per heavy atom. The number of hydrogen-bond acceptors (Lipinski definition) is 2. The average molecular weight is 297 g/mol. The molecule has 0 bridgehead atoms. The summed E-state index contributed by atoms with van der Waals surface area (Å²) in [4.78, 5) is 2.90. The molecule has 4 heteroatoms. The second-order valence-corrected chi connectivity index (χ2v) is 6.03. The fraction of sp³-hybridized carbons (Fsp3) is 0.533. The summed E-state index contributed by atoms with van der Waals surface area (Å²) in [6.45, 7) is 3.32. The van der Waals surface area contributed by atoms with Crippen molar-refractivity contribution in [3.63, 3.8) is 0 Å². The van der Waals surface area contributed by atoms with Crippen LogP contribution in [0.2, 0.25) is 5.02 Å². The first-order valence-corrected chi connectivity index (χ1v) is 7.78. The van der Waals surface area contributed by atoms with E-state index in [2.05, 4.69) is 17.9 Å². The molecule has 1 aliphatic rings. The van der Waals surface area contributed by atoms with Gasteiger partial charge in [-0.1, -0.05) is 37.2 Å². The Bertz CT molecular complexity index is 459. The second kappa shape index (κ2) is 6.58. The van der Waals surface area contributed by atoms with Gasteiger partial charge in [0.15, 0.2) is 0 Å². The van der Waals surface area contributed by atoms with E-state index in [-0.39, 0.29) is 0 Å². The Morgan fingerprint density at radius 1 is 1.47 bits per heavy atom. The molecule has 0 aromatic heterocycles. The maximum absolute atomic E-state index is 6.06. The van der Waals surface area contributed by atoms with Gasteiger partial charge in [0.25, 0.3) is 0 Å². The van der Waals surface area contributed by atoms with Crippen LogP contribution in [0.4, 0.5) is 5.69 Å². The molecule has 2 rings (SSSR count). The van der Waals surface area contributed by atoms with Gasteiger partial charge in [0, 0.05) is 28.9 Å². The normalized spacial score (nSPS) is 19.5. The Labute approximate surface area is 125 Å². The lowest BCUT2D eigenvalue weighted by molar-refractivity contribution is 0.434. The number of rotatable bonds is 4. The van der Waals surface area contributed by atoms with E-state index in [0.29, 0.717) is 16.1 Å². The van der Waals surface area contributed by atoms with Crippen LogP contribution in [-0.2, 0) is 0 Å². The Hall–Kier alpha value is -0.800. The molecule has 1 heterocycles. The third kappa shape index (κ3) is 3.40. The smallest absolute Gasteiger partial charge is 0.106 e. The van der Waals surface area contributed by atoms with Crippen molar-refractivity contribution in [3.05, 3.63) is 28.8 Å². The number of nitrogens with zero attached hydrogens (tertiary/aromatic N) is 1. The highest BCUT2D eigenvalue weighted by Crippen LogP contribution is 2.31. The molecule has 2 nitrogen and oxygen atoms in total. The topological polar surface area (TPSA) is 29.3 Å². The maximum atomic E-state index is 6.06. The van der Waals surface area contributed by atoms with E-state index >= 15 is 0 Å². The summed E-state index contributed by atoms with van der Waals surface area (Å²) >= 11 is 11.2. The molecule has 0 radical (unpaired) electrons. The number of piperidine rings is 1. The highest BCUT2D eigenvalue weighted by Gasteiger charge is 2.24. The predicted molar refractivity (Wildman–Crippen MR) is 87.2 cm³/mol. The van der Waals surface area contributed by atoms with Crippen LogP contribution in [-0.4, -0.2) is 17.6 Å². The van der Waals surface area contributed by atoms with E-state index in [0.717, 1.165) is 17.8 Å². The minimum atomic E-state index is 0.429. The van der Waals surface area contributed by atoms with Gasteiger partial charge in [0.2, 0.25) is 0 Å². The molecular formula is C15H21ClN2S. The highest BCUT2D eigenvalue weighted by molar-refractivity contribution is 7.80. The molecule has 1 atom stereocenters. The van der Waals surface area contributed by atoms with Crippen LogP contribution >= 0.6 is 23.8 Å². The summed E-state index contributed by atoms with van der Waals surface area (Å²) in [6.07, 6.45) is 6.24. The zero-order valence-electron chi connectivity index (χ0n) is 11.4. The minimum absolute atomic E-state index is 0.429. The molecule has 0 amide bonds. The van der Waals surface area contributed by atoms with Crippen molar-refractivity contribution in [2.45, 2.75) is 45.1 Å². The summed E-state index contributed by atoms with van der Waals surface area (Å²) in [5.41, 5.74) is 7.91. The van der Waals surface area contributed by atoms with Crippen molar-refractivity contribution in [2.75, 3.05) is 11.4 Å². The molecule has 2 N–H and O–H groups in total. The highest BCUT2D eigenvalue weighted by atomic mass is 35.5. The molecule has 1 aliphatic heterocycles. The van der Waals surface area contributed by atoms with Crippen molar-refractivity contribution in [2.24, 2.45) is 5.73 Å². The fourth-order valence-corrected chi connectivity index (χ4v) is 3.24. The van der Waals surface area contributed by atoms with Gasteiger partial charge in [-0.25, -0.2) is 0 Å². The molecule has 1 unspecified atom stereocenters. The molecular weight excluding hydrogens is 276 g/mol. The van der Waals surface area contributed by atoms with E-state index < -0.39 is 0 Å². The van der Waals surface area contributed by atoms with Crippen LogP contribution < -0.4 is 10.6 Å². The lowest BCUT2D eigenvalue weighted by Gasteiger charge is -2.38. The quantitative estimate of drug-likeness (QED) is 0.847. The number of halogens is 1. The maximum Gasteiger partial charge on any atom is 0.106 e. The monoisotopic (exact) mass is 296 g/mol. The van der Waals surface area contributed by atoms with Crippen LogP contribution in [0.1, 0.15) is 44.6 Å². The van der Waals surface area contributed by atoms with E-state index in [1.165, 1.54) is 32.1 Å². The fourth-order valence-electron chi connectivity index (χ4n) is 2.91. The number of hydrogen-bond donors (Lipinski definition) is 1. The second-order valence-electron chi connectivity index (χ2n) is 5.16. The summed E-state index contributed by atoms with van der Waals surface area (Å²) < 4.78 is 0. The first-order valence-electron chi connectivity index (χ1n) is 6.99. The zero-order chi connectivity index (χ0) is 13.8. The number of anilines is 1. The molecule has 1 fully saturated rings. The molecule has 0 saturated carbocycles. The van der Waals surface area contributed by atoms with Gasteiger partial charge < -0.3 is 10.6 Å². The van der Waals surface area contributed by atoms with E-state index in [4.69, 9.17) is 29.6 Å². The zero-order valence-corrected chi connectivity index (χ0v) is 12.9. The Balaban J connectivity index is 2.35.